The Labute approximate surface area is 202 Å². The number of carbonyl (C=O) groups excluding carboxylic acids is 2. The zero-order valence-electron chi connectivity index (χ0n) is 19.0. The number of rotatable bonds is 4. The minimum absolute atomic E-state index is 0.0270. The van der Waals surface area contributed by atoms with Crippen molar-refractivity contribution in [2.24, 2.45) is 5.41 Å². The van der Waals surface area contributed by atoms with Crippen molar-refractivity contribution < 1.29 is 14.3 Å². The lowest BCUT2D eigenvalue weighted by Crippen LogP contribution is -2.58. The zero-order chi connectivity index (χ0) is 23.2. The molecule has 1 N–H and O–H groups in total. The average Bonchev–Trinajstić information content (AvgIpc) is 2.84. The molecule has 3 saturated carbocycles. The third-order valence-corrected chi connectivity index (χ3v) is 8.41. The minimum Gasteiger partial charge on any atom is -0.469 e. The Morgan fingerprint density at radius 2 is 1.61 bits per heavy atom. The van der Waals surface area contributed by atoms with Crippen molar-refractivity contribution in [3.63, 3.8) is 0 Å². The van der Waals surface area contributed by atoms with Gasteiger partial charge < -0.3 is 10.1 Å². The highest BCUT2D eigenvalue weighted by molar-refractivity contribution is 9.10. The molecule has 0 radical (unpaired) electrons. The average molecular weight is 506 g/mol. The van der Waals surface area contributed by atoms with E-state index in [1.807, 2.05) is 37.3 Å². The molecule has 3 aromatic rings. The standard InChI is InChI=1S/C28H28BrNO3/c1-18-22(19-6-4-3-5-7-19)16-20-8-9-21(29)17-23(20)24(18)25(31)30-28-13-10-27(11-14-28,12-15-28)26(32)33-2/h3-9,16-17H,10-15H2,1-2H3,(H,30,31). The van der Waals surface area contributed by atoms with E-state index in [0.717, 1.165) is 76.0 Å². The van der Waals surface area contributed by atoms with Crippen LogP contribution in [-0.4, -0.2) is 24.5 Å². The van der Waals surface area contributed by atoms with Crippen LogP contribution in [0.4, 0.5) is 0 Å². The van der Waals surface area contributed by atoms with Gasteiger partial charge in [-0.25, -0.2) is 0 Å². The predicted molar refractivity (Wildman–Crippen MR) is 134 cm³/mol. The fourth-order valence-electron chi connectivity index (χ4n) is 5.88. The molecule has 0 aliphatic heterocycles. The number of esters is 1. The molecule has 170 valence electrons. The first-order valence-corrected chi connectivity index (χ1v) is 12.3. The Kier molecular flexibility index (Phi) is 5.56. The molecular formula is C28H28BrNO3. The van der Waals surface area contributed by atoms with Gasteiger partial charge in [-0.05, 0) is 91.1 Å². The van der Waals surface area contributed by atoms with Gasteiger partial charge in [-0.3, -0.25) is 9.59 Å². The van der Waals surface area contributed by atoms with Crippen LogP contribution in [-0.2, 0) is 9.53 Å². The number of nitrogens with one attached hydrogen (secondary N) is 1. The van der Waals surface area contributed by atoms with Gasteiger partial charge in [0.1, 0.15) is 0 Å². The zero-order valence-corrected chi connectivity index (χ0v) is 20.6. The Morgan fingerprint density at radius 1 is 0.939 bits per heavy atom. The lowest BCUT2D eigenvalue weighted by atomic mass is 9.57. The van der Waals surface area contributed by atoms with Crippen LogP contribution in [0.25, 0.3) is 21.9 Å². The number of ether oxygens (including phenoxy) is 1. The highest BCUT2D eigenvalue weighted by atomic mass is 79.9. The minimum atomic E-state index is -0.359. The first kappa shape index (κ1) is 22.1. The van der Waals surface area contributed by atoms with Crippen molar-refractivity contribution in [3.8, 4) is 11.1 Å². The number of halogens is 1. The molecule has 5 heteroatoms. The summed E-state index contributed by atoms with van der Waals surface area (Å²) in [6, 6.07) is 18.5. The molecule has 0 heterocycles. The molecule has 2 bridgehead atoms. The Morgan fingerprint density at radius 3 is 2.24 bits per heavy atom. The number of hydrogen-bond donors (Lipinski definition) is 1. The molecule has 33 heavy (non-hydrogen) atoms. The number of benzene rings is 3. The summed E-state index contributed by atoms with van der Waals surface area (Å²) in [6.45, 7) is 2.04. The second-order valence-corrected chi connectivity index (χ2v) is 10.6. The summed E-state index contributed by atoms with van der Waals surface area (Å²) in [5, 5.41) is 5.43. The fraction of sp³-hybridized carbons (Fsp3) is 0.357. The van der Waals surface area contributed by atoms with Crippen LogP contribution >= 0.6 is 15.9 Å². The van der Waals surface area contributed by atoms with E-state index in [1.54, 1.807) is 0 Å². The number of amides is 1. The van der Waals surface area contributed by atoms with E-state index in [4.69, 9.17) is 4.74 Å². The van der Waals surface area contributed by atoms with E-state index in [1.165, 1.54) is 7.11 Å². The maximum atomic E-state index is 13.9. The van der Waals surface area contributed by atoms with Crippen LogP contribution in [0.2, 0.25) is 0 Å². The van der Waals surface area contributed by atoms with Crippen molar-refractivity contribution in [2.45, 2.75) is 51.0 Å². The van der Waals surface area contributed by atoms with E-state index in [-0.39, 0.29) is 22.8 Å². The van der Waals surface area contributed by atoms with E-state index >= 15 is 0 Å². The van der Waals surface area contributed by atoms with Crippen LogP contribution in [0.1, 0.15) is 54.4 Å². The molecule has 0 saturated heterocycles. The Balaban J connectivity index is 1.53. The molecule has 0 spiro atoms. The predicted octanol–water partition coefficient (Wildman–Crippen LogP) is 6.57. The van der Waals surface area contributed by atoms with Crippen LogP contribution in [0.3, 0.4) is 0 Å². The van der Waals surface area contributed by atoms with Crippen LogP contribution in [0, 0.1) is 12.3 Å². The Hall–Kier alpha value is -2.66. The van der Waals surface area contributed by atoms with E-state index in [2.05, 4.69) is 45.5 Å². The van der Waals surface area contributed by atoms with E-state index in [0.29, 0.717) is 0 Å². The van der Waals surface area contributed by atoms with E-state index < -0.39 is 0 Å². The summed E-state index contributed by atoms with van der Waals surface area (Å²) >= 11 is 3.58. The summed E-state index contributed by atoms with van der Waals surface area (Å²) < 4.78 is 6.04. The Bertz CT molecular complexity index is 1230. The first-order chi connectivity index (χ1) is 15.9. The summed E-state index contributed by atoms with van der Waals surface area (Å²) in [5.41, 5.74) is 3.28. The van der Waals surface area contributed by atoms with Crippen LogP contribution in [0.5, 0.6) is 0 Å². The lowest BCUT2D eigenvalue weighted by molar-refractivity contribution is -0.160. The fourth-order valence-corrected chi connectivity index (χ4v) is 6.24. The number of hydrogen-bond acceptors (Lipinski definition) is 3. The molecule has 0 unspecified atom stereocenters. The van der Waals surface area contributed by atoms with Crippen molar-refractivity contribution in [1.29, 1.82) is 0 Å². The summed E-state index contributed by atoms with van der Waals surface area (Å²) in [5.74, 6) is -0.120. The van der Waals surface area contributed by atoms with Crippen molar-refractivity contribution in [1.82, 2.24) is 5.32 Å². The van der Waals surface area contributed by atoms with Crippen molar-refractivity contribution in [3.05, 3.63) is 70.2 Å². The molecule has 1 amide bonds. The molecule has 3 fully saturated rings. The normalized spacial score (nSPS) is 24.0. The number of fused-ring (bicyclic) bond motifs is 4. The molecular weight excluding hydrogens is 478 g/mol. The molecule has 0 atom stereocenters. The molecule has 6 rings (SSSR count). The molecule has 3 aromatic carbocycles. The van der Waals surface area contributed by atoms with Gasteiger partial charge in [0.05, 0.1) is 18.1 Å². The molecule has 4 nitrogen and oxygen atoms in total. The van der Waals surface area contributed by atoms with Crippen molar-refractivity contribution >= 4 is 38.6 Å². The third kappa shape index (κ3) is 3.76. The highest BCUT2D eigenvalue weighted by Crippen LogP contribution is 2.53. The molecule has 0 aromatic heterocycles. The van der Waals surface area contributed by atoms with Gasteiger partial charge in [-0.15, -0.1) is 0 Å². The van der Waals surface area contributed by atoms with Gasteiger partial charge in [0.25, 0.3) is 5.91 Å². The van der Waals surface area contributed by atoms with Gasteiger partial charge in [0, 0.05) is 10.0 Å². The van der Waals surface area contributed by atoms with Gasteiger partial charge in [-0.1, -0.05) is 52.3 Å². The van der Waals surface area contributed by atoms with Gasteiger partial charge in [0.15, 0.2) is 0 Å². The van der Waals surface area contributed by atoms with Crippen LogP contribution < -0.4 is 5.32 Å². The third-order valence-electron chi connectivity index (χ3n) is 7.92. The van der Waals surface area contributed by atoms with Gasteiger partial charge in [-0.2, -0.15) is 0 Å². The van der Waals surface area contributed by atoms with Gasteiger partial charge in [0.2, 0.25) is 0 Å². The first-order valence-electron chi connectivity index (χ1n) is 11.6. The summed E-state index contributed by atoms with van der Waals surface area (Å²) in [6.07, 6.45) is 4.76. The smallest absolute Gasteiger partial charge is 0.311 e. The second kappa shape index (κ2) is 8.28. The number of carbonyl (C=O) groups is 2. The maximum absolute atomic E-state index is 13.9. The van der Waals surface area contributed by atoms with Crippen LogP contribution in [0.15, 0.2) is 59.1 Å². The second-order valence-electron chi connectivity index (χ2n) is 9.66. The van der Waals surface area contributed by atoms with E-state index in [9.17, 15) is 9.59 Å². The largest absolute Gasteiger partial charge is 0.469 e. The van der Waals surface area contributed by atoms with Gasteiger partial charge >= 0.3 is 5.97 Å². The SMILES string of the molecule is COC(=O)C12CCC(NC(=O)c3c(C)c(-c4ccccc4)cc4ccc(Br)cc34)(CC1)CC2. The summed E-state index contributed by atoms with van der Waals surface area (Å²) in [7, 11) is 1.47. The highest BCUT2D eigenvalue weighted by Gasteiger charge is 2.53. The molecule has 3 aliphatic rings. The number of methoxy groups -OCH3 is 1. The topological polar surface area (TPSA) is 55.4 Å². The molecule has 3 aliphatic carbocycles. The van der Waals surface area contributed by atoms with Crippen molar-refractivity contribution in [2.75, 3.05) is 7.11 Å². The summed E-state index contributed by atoms with van der Waals surface area (Å²) in [4.78, 5) is 26.2. The quantitative estimate of drug-likeness (QED) is 0.407. The maximum Gasteiger partial charge on any atom is 0.311 e. The lowest BCUT2D eigenvalue weighted by Gasteiger charge is -2.52. The monoisotopic (exact) mass is 505 g/mol.